The van der Waals surface area contributed by atoms with Gasteiger partial charge in [0.25, 0.3) is 0 Å². The number of aliphatic hydroxyl groups is 2. The number of benzene rings is 2. The Morgan fingerprint density at radius 1 is 1.11 bits per heavy atom. The second-order valence-corrected chi connectivity index (χ2v) is 6.47. The SMILES string of the molecule is Br.NC(=O)C1C(=O)C2(O)C(=O)c3c(cc4cccc(O)c4c3O)C=C2C=C1O. The number of carbonyl (C=O) groups excluding carboxylic acids is 3. The van der Waals surface area contributed by atoms with E-state index in [2.05, 4.69) is 0 Å². The molecular weight excluding hydrogens is 434 g/mol. The van der Waals surface area contributed by atoms with E-state index >= 15 is 0 Å². The van der Waals surface area contributed by atoms with Gasteiger partial charge in [0, 0.05) is 5.57 Å². The van der Waals surface area contributed by atoms with Crippen LogP contribution in [0.4, 0.5) is 0 Å². The molecule has 28 heavy (non-hydrogen) atoms. The minimum Gasteiger partial charge on any atom is -0.511 e. The Balaban J connectivity index is 0.00000225. The number of rotatable bonds is 1. The Morgan fingerprint density at radius 3 is 2.43 bits per heavy atom. The number of Topliss-reactive ketones (excluding diaryl/α,β-unsaturated/α-hetero) is 2. The number of aliphatic hydroxyl groups excluding tert-OH is 1. The molecule has 0 saturated carbocycles. The Kier molecular flexibility index (Phi) is 4.32. The molecule has 2 aliphatic rings. The molecular formula is C19H14BrNO7. The third-order valence-electron chi connectivity index (χ3n) is 4.93. The van der Waals surface area contributed by atoms with Crippen molar-refractivity contribution >= 4 is 51.3 Å². The summed E-state index contributed by atoms with van der Waals surface area (Å²) in [6.07, 6.45) is 2.20. The van der Waals surface area contributed by atoms with Crippen LogP contribution in [0.25, 0.3) is 16.8 Å². The number of carbonyl (C=O) groups is 3. The molecule has 6 N–H and O–H groups in total. The van der Waals surface area contributed by atoms with Crippen LogP contribution in [0.2, 0.25) is 0 Å². The number of hydrogen-bond acceptors (Lipinski definition) is 7. The summed E-state index contributed by atoms with van der Waals surface area (Å²) in [5.41, 5.74) is 1.90. The number of phenolic OH excluding ortho intramolecular Hbond substituents is 2. The van der Waals surface area contributed by atoms with Gasteiger partial charge in [0.05, 0.1) is 10.9 Å². The molecule has 0 aromatic heterocycles. The molecule has 0 bridgehead atoms. The molecule has 4 rings (SSSR count). The van der Waals surface area contributed by atoms with Crippen LogP contribution >= 0.6 is 17.0 Å². The predicted octanol–water partition coefficient (Wildman–Crippen LogP) is 1.27. The molecule has 0 heterocycles. The zero-order chi connectivity index (χ0) is 19.7. The topological polar surface area (TPSA) is 158 Å². The Morgan fingerprint density at radius 2 is 1.79 bits per heavy atom. The van der Waals surface area contributed by atoms with Gasteiger partial charge in [0.2, 0.25) is 17.3 Å². The molecule has 0 spiro atoms. The molecule has 2 atom stereocenters. The van der Waals surface area contributed by atoms with Crippen LogP contribution in [0.5, 0.6) is 11.5 Å². The fourth-order valence-electron chi connectivity index (χ4n) is 3.63. The molecule has 1 amide bonds. The maximum atomic E-state index is 13.0. The monoisotopic (exact) mass is 447 g/mol. The van der Waals surface area contributed by atoms with Crippen molar-refractivity contribution in [2.24, 2.45) is 11.7 Å². The smallest absolute Gasteiger partial charge is 0.235 e. The van der Waals surface area contributed by atoms with Gasteiger partial charge in [-0.2, -0.15) is 0 Å². The highest BCUT2D eigenvalue weighted by molar-refractivity contribution is 8.93. The summed E-state index contributed by atoms with van der Waals surface area (Å²) in [6, 6.07) is 5.95. The van der Waals surface area contributed by atoms with E-state index in [1.807, 2.05) is 0 Å². The highest BCUT2D eigenvalue weighted by Gasteiger charge is 2.57. The summed E-state index contributed by atoms with van der Waals surface area (Å²) in [7, 11) is 0. The third kappa shape index (κ3) is 2.30. The Labute approximate surface area is 168 Å². The van der Waals surface area contributed by atoms with Crippen LogP contribution in [0.15, 0.2) is 41.7 Å². The lowest BCUT2D eigenvalue weighted by Gasteiger charge is -2.36. The first kappa shape index (κ1) is 19.6. The van der Waals surface area contributed by atoms with Crippen LogP contribution in [-0.4, -0.2) is 43.5 Å². The quantitative estimate of drug-likeness (QED) is 0.411. The number of ketones is 2. The summed E-state index contributed by atoms with van der Waals surface area (Å²) < 4.78 is 0. The number of amides is 1. The number of halogens is 1. The second-order valence-electron chi connectivity index (χ2n) is 6.47. The highest BCUT2D eigenvalue weighted by atomic mass is 79.9. The van der Waals surface area contributed by atoms with E-state index in [1.165, 1.54) is 18.2 Å². The first-order chi connectivity index (χ1) is 12.7. The summed E-state index contributed by atoms with van der Waals surface area (Å²) in [6.45, 7) is 0. The van der Waals surface area contributed by atoms with E-state index in [4.69, 9.17) is 5.73 Å². The molecule has 0 fully saturated rings. The number of primary amides is 1. The predicted molar refractivity (Wildman–Crippen MR) is 103 cm³/mol. The molecule has 2 aromatic carbocycles. The lowest BCUT2D eigenvalue weighted by atomic mass is 9.68. The Hall–Kier alpha value is -3.17. The summed E-state index contributed by atoms with van der Waals surface area (Å²) >= 11 is 0. The molecule has 2 unspecified atom stereocenters. The molecule has 2 aromatic rings. The number of fused-ring (bicyclic) bond motifs is 3. The van der Waals surface area contributed by atoms with E-state index < -0.39 is 40.5 Å². The van der Waals surface area contributed by atoms with E-state index in [1.54, 1.807) is 12.1 Å². The van der Waals surface area contributed by atoms with Crippen molar-refractivity contribution < 1.29 is 34.8 Å². The summed E-state index contributed by atoms with van der Waals surface area (Å²) in [5, 5.41) is 41.8. The van der Waals surface area contributed by atoms with Gasteiger partial charge in [-0.1, -0.05) is 12.1 Å². The molecule has 8 nitrogen and oxygen atoms in total. The first-order valence-electron chi connectivity index (χ1n) is 7.89. The molecule has 0 radical (unpaired) electrons. The van der Waals surface area contributed by atoms with E-state index in [0.717, 1.165) is 6.08 Å². The first-order valence-corrected chi connectivity index (χ1v) is 7.89. The molecule has 0 aliphatic heterocycles. The van der Waals surface area contributed by atoms with Gasteiger partial charge in [-0.15, -0.1) is 17.0 Å². The van der Waals surface area contributed by atoms with E-state index in [0.29, 0.717) is 5.39 Å². The maximum Gasteiger partial charge on any atom is 0.235 e. The van der Waals surface area contributed by atoms with Gasteiger partial charge in [-0.3, -0.25) is 14.4 Å². The molecule has 0 saturated heterocycles. The van der Waals surface area contributed by atoms with Crippen molar-refractivity contribution in [2.45, 2.75) is 5.60 Å². The number of hydrogen-bond donors (Lipinski definition) is 5. The van der Waals surface area contributed by atoms with Crippen LogP contribution in [0.1, 0.15) is 15.9 Å². The molecule has 2 aliphatic carbocycles. The van der Waals surface area contributed by atoms with Crippen molar-refractivity contribution in [1.82, 2.24) is 0 Å². The normalized spacial score (nSPS) is 23.2. The zero-order valence-corrected chi connectivity index (χ0v) is 15.8. The van der Waals surface area contributed by atoms with Crippen molar-refractivity contribution in [2.75, 3.05) is 0 Å². The van der Waals surface area contributed by atoms with Crippen LogP contribution in [-0.2, 0) is 9.59 Å². The zero-order valence-electron chi connectivity index (χ0n) is 14.0. The number of phenols is 2. The van der Waals surface area contributed by atoms with Gasteiger partial charge in [-0.05, 0) is 35.2 Å². The minimum atomic E-state index is -2.78. The van der Waals surface area contributed by atoms with Crippen LogP contribution in [0.3, 0.4) is 0 Å². The fourth-order valence-corrected chi connectivity index (χ4v) is 3.63. The fraction of sp³-hybridized carbons (Fsp3) is 0.105. The third-order valence-corrected chi connectivity index (χ3v) is 4.93. The average Bonchev–Trinajstić information content (AvgIpc) is 2.57. The maximum absolute atomic E-state index is 13.0. The van der Waals surface area contributed by atoms with Crippen LogP contribution < -0.4 is 5.73 Å². The number of nitrogens with two attached hydrogens (primary N) is 1. The average molecular weight is 448 g/mol. The standard InChI is InChI=1S/C19H13NO7.BrH/c20-18(26)14-11(22)6-9-5-8-4-7-2-1-3-10(21)12(7)15(23)13(8)16(24)19(9,27)17(14)25;/h1-6,14,21-23,27H,(H2,20,26);1H. The van der Waals surface area contributed by atoms with Crippen molar-refractivity contribution in [3.8, 4) is 11.5 Å². The van der Waals surface area contributed by atoms with Gasteiger partial charge < -0.3 is 26.2 Å². The largest absolute Gasteiger partial charge is 0.511 e. The van der Waals surface area contributed by atoms with Gasteiger partial charge >= 0.3 is 0 Å². The van der Waals surface area contributed by atoms with Crippen molar-refractivity contribution in [3.05, 3.63) is 52.8 Å². The summed E-state index contributed by atoms with van der Waals surface area (Å²) in [5.74, 6) is -7.14. The summed E-state index contributed by atoms with van der Waals surface area (Å²) in [4.78, 5) is 37.2. The number of aromatic hydroxyl groups is 2. The van der Waals surface area contributed by atoms with E-state index in [9.17, 15) is 34.8 Å². The van der Waals surface area contributed by atoms with Crippen LogP contribution in [0, 0.1) is 5.92 Å². The highest BCUT2D eigenvalue weighted by Crippen LogP contribution is 2.46. The van der Waals surface area contributed by atoms with Gasteiger partial charge in [-0.25, -0.2) is 0 Å². The van der Waals surface area contributed by atoms with Crippen molar-refractivity contribution in [3.63, 3.8) is 0 Å². The lowest BCUT2D eigenvalue weighted by molar-refractivity contribution is -0.140. The van der Waals surface area contributed by atoms with Gasteiger partial charge in [0.1, 0.15) is 17.3 Å². The lowest BCUT2D eigenvalue weighted by Crippen LogP contribution is -2.56. The van der Waals surface area contributed by atoms with Crippen molar-refractivity contribution in [1.29, 1.82) is 0 Å². The molecule has 144 valence electrons. The minimum absolute atomic E-state index is 0. The molecule has 9 heteroatoms. The van der Waals surface area contributed by atoms with Gasteiger partial charge in [0.15, 0.2) is 11.7 Å². The Bertz CT molecular complexity index is 1150. The van der Waals surface area contributed by atoms with E-state index in [-0.39, 0.29) is 44.8 Å². The second kappa shape index (κ2) is 6.18.